The van der Waals surface area contributed by atoms with E-state index in [2.05, 4.69) is 38.5 Å². The summed E-state index contributed by atoms with van der Waals surface area (Å²) >= 11 is 4.25. The van der Waals surface area contributed by atoms with Crippen LogP contribution in [0.2, 0.25) is 0 Å². The standard InChI is InChI=1S/C34H36N6O5S/c35-25(15-21-17-36-26-12-6-4-10-23(21)26)31(41)38-28(16-22-18-37-27-13-7-5-11-24(22)27)32(42)40-30(19-46)33(43)39-29(34(44)45)14-20-8-2-1-3-9-20/h1-13,17-18,25,28-30,36-37,46H,14-16,19,35H2,(H,38,41)(H,39,43)(H,40,42)(H,44,45). The molecule has 0 spiro atoms. The molecule has 0 bridgehead atoms. The van der Waals surface area contributed by atoms with E-state index in [-0.39, 0.29) is 25.0 Å². The van der Waals surface area contributed by atoms with Gasteiger partial charge < -0.3 is 36.8 Å². The van der Waals surface area contributed by atoms with Crippen LogP contribution in [0.15, 0.2) is 91.3 Å². The molecule has 2 aromatic heterocycles. The van der Waals surface area contributed by atoms with Gasteiger partial charge in [-0.25, -0.2) is 4.79 Å². The van der Waals surface area contributed by atoms with Gasteiger partial charge >= 0.3 is 5.97 Å². The summed E-state index contributed by atoms with van der Waals surface area (Å²) in [7, 11) is 0. The van der Waals surface area contributed by atoms with Crippen LogP contribution in [0.1, 0.15) is 16.7 Å². The fraction of sp³-hybridized carbons (Fsp3) is 0.235. The number of hydrogen-bond donors (Lipinski definition) is 8. The zero-order valence-corrected chi connectivity index (χ0v) is 25.8. The van der Waals surface area contributed by atoms with Crippen LogP contribution in [-0.4, -0.2) is 68.7 Å². The van der Waals surface area contributed by atoms with Gasteiger partial charge in [-0.15, -0.1) is 0 Å². The number of aromatic amines is 2. The zero-order valence-electron chi connectivity index (χ0n) is 24.9. The molecule has 4 unspecified atom stereocenters. The number of carbonyl (C=O) groups is 4. The Labute approximate surface area is 270 Å². The van der Waals surface area contributed by atoms with Crippen molar-refractivity contribution in [1.82, 2.24) is 25.9 Å². The Hall–Kier alpha value is -5.07. The van der Waals surface area contributed by atoms with Crippen molar-refractivity contribution in [2.75, 3.05) is 5.75 Å². The molecule has 0 fully saturated rings. The van der Waals surface area contributed by atoms with Gasteiger partial charge in [-0.1, -0.05) is 66.7 Å². The Kier molecular flexibility index (Phi) is 10.4. The minimum atomic E-state index is -1.22. The molecule has 5 rings (SSSR count). The first-order valence-electron chi connectivity index (χ1n) is 14.9. The molecular weight excluding hydrogens is 604 g/mol. The summed E-state index contributed by atoms with van der Waals surface area (Å²) < 4.78 is 0. The lowest BCUT2D eigenvalue weighted by molar-refractivity contribution is -0.142. The van der Waals surface area contributed by atoms with Gasteiger partial charge in [0.2, 0.25) is 17.7 Å². The second-order valence-electron chi connectivity index (χ2n) is 11.1. The highest BCUT2D eigenvalue weighted by Gasteiger charge is 2.31. The Morgan fingerprint density at radius 1 is 0.652 bits per heavy atom. The van der Waals surface area contributed by atoms with Crippen LogP contribution >= 0.6 is 12.6 Å². The lowest BCUT2D eigenvalue weighted by Crippen LogP contribution is -2.58. The van der Waals surface area contributed by atoms with Gasteiger partial charge in [0, 0.05) is 52.8 Å². The van der Waals surface area contributed by atoms with Crippen molar-refractivity contribution in [3.8, 4) is 0 Å². The summed E-state index contributed by atoms with van der Waals surface area (Å²) in [5.41, 5.74) is 10.5. The average molecular weight is 641 g/mol. The Balaban J connectivity index is 1.31. The van der Waals surface area contributed by atoms with E-state index in [4.69, 9.17) is 5.73 Å². The molecule has 11 nitrogen and oxygen atoms in total. The number of benzene rings is 3. The fourth-order valence-corrected chi connectivity index (χ4v) is 5.68. The van der Waals surface area contributed by atoms with Crippen molar-refractivity contribution in [3.05, 3.63) is 108 Å². The van der Waals surface area contributed by atoms with Crippen molar-refractivity contribution in [2.45, 2.75) is 43.4 Å². The highest BCUT2D eigenvalue weighted by Crippen LogP contribution is 2.21. The third kappa shape index (κ3) is 7.76. The van der Waals surface area contributed by atoms with Gasteiger partial charge in [0.05, 0.1) is 6.04 Å². The second kappa shape index (κ2) is 14.8. The fourth-order valence-electron chi connectivity index (χ4n) is 5.43. The summed E-state index contributed by atoms with van der Waals surface area (Å²) in [5.74, 6) is -3.20. The third-order valence-electron chi connectivity index (χ3n) is 7.90. The molecule has 4 atom stereocenters. The average Bonchev–Trinajstić information content (AvgIpc) is 3.67. The molecule has 238 valence electrons. The number of aliphatic carboxylic acids is 1. The number of H-pyrrole nitrogens is 2. The number of hydrogen-bond acceptors (Lipinski definition) is 6. The Bertz CT molecular complexity index is 1840. The molecule has 46 heavy (non-hydrogen) atoms. The Morgan fingerprint density at radius 3 is 1.74 bits per heavy atom. The van der Waals surface area contributed by atoms with Crippen molar-refractivity contribution < 1.29 is 24.3 Å². The van der Waals surface area contributed by atoms with Crippen LogP contribution < -0.4 is 21.7 Å². The number of rotatable bonds is 14. The van der Waals surface area contributed by atoms with E-state index in [0.717, 1.165) is 38.5 Å². The number of thiol groups is 1. The normalized spacial score (nSPS) is 13.9. The summed E-state index contributed by atoms with van der Waals surface area (Å²) in [4.78, 5) is 58.6. The first-order chi connectivity index (χ1) is 22.2. The number of carboxylic acids is 1. The predicted octanol–water partition coefficient (Wildman–Crippen LogP) is 2.47. The van der Waals surface area contributed by atoms with E-state index >= 15 is 0 Å². The van der Waals surface area contributed by atoms with Gasteiger partial charge in [0.1, 0.15) is 18.1 Å². The minimum absolute atomic E-state index is 0.0582. The second-order valence-corrected chi connectivity index (χ2v) is 11.5. The topological polar surface area (TPSA) is 182 Å². The smallest absolute Gasteiger partial charge is 0.326 e. The van der Waals surface area contributed by atoms with E-state index in [1.54, 1.807) is 30.5 Å². The van der Waals surface area contributed by atoms with Crippen molar-refractivity contribution in [2.24, 2.45) is 5.73 Å². The molecule has 0 saturated heterocycles. The van der Waals surface area contributed by atoms with Gasteiger partial charge in [-0.3, -0.25) is 14.4 Å². The van der Waals surface area contributed by atoms with E-state index < -0.39 is 47.9 Å². The molecule has 0 radical (unpaired) electrons. The van der Waals surface area contributed by atoms with Crippen LogP contribution in [0.25, 0.3) is 21.8 Å². The maximum atomic E-state index is 13.7. The SMILES string of the molecule is NC(Cc1c[nH]c2ccccc12)C(=O)NC(Cc1c[nH]c2ccccc12)C(=O)NC(CS)C(=O)NC(Cc1ccccc1)C(=O)O. The maximum absolute atomic E-state index is 13.7. The molecule has 0 aliphatic heterocycles. The highest BCUT2D eigenvalue weighted by molar-refractivity contribution is 7.80. The van der Waals surface area contributed by atoms with E-state index in [9.17, 15) is 24.3 Å². The first-order valence-corrected chi connectivity index (χ1v) is 15.5. The summed E-state index contributed by atoms with van der Waals surface area (Å²) in [5, 5.41) is 19.5. The third-order valence-corrected chi connectivity index (χ3v) is 8.26. The predicted molar refractivity (Wildman–Crippen MR) is 179 cm³/mol. The molecule has 3 amide bonds. The van der Waals surface area contributed by atoms with Crippen LogP contribution in [0.4, 0.5) is 0 Å². The van der Waals surface area contributed by atoms with E-state index in [1.807, 2.05) is 60.8 Å². The quantitative estimate of drug-likeness (QED) is 0.0863. The minimum Gasteiger partial charge on any atom is -0.480 e. The molecule has 5 aromatic rings. The summed E-state index contributed by atoms with van der Waals surface area (Å²) in [6.45, 7) is 0. The molecule has 8 N–H and O–H groups in total. The molecule has 0 saturated carbocycles. The van der Waals surface area contributed by atoms with E-state index in [0.29, 0.717) is 0 Å². The van der Waals surface area contributed by atoms with Crippen LogP contribution in [0, 0.1) is 0 Å². The molecule has 12 heteroatoms. The van der Waals surface area contributed by atoms with Crippen molar-refractivity contribution in [1.29, 1.82) is 0 Å². The van der Waals surface area contributed by atoms with Crippen LogP contribution in [-0.2, 0) is 38.4 Å². The molecule has 2 heterocycles. The number of carbonyl (C=O) groups excluding carboxylic acids is 3. The largest absolute Gasteiger partial charge is 0.480 e. The van der Waals surface area contributed by atoms with Gasteiger partial charge in [-0.2, -0.15) is 12.6 Å². The van der Waals surface area contributed by atoms with Crippen molar-refractivity contribution in [3.63, 3.8) is 0 Å². The zero-order chi connectivity index (χ0) is 32.6. The van der Waals surface area contributed by atoms with Gasteiger partial charge in [-0.05, 0) is 35.2 Å². The van der Waals surface area contributed by atoms with E-state index in [1.165, 1.54) is 0 Å². The highest BCUT2D eigenvalue weighted by atomic mass is 32.1. The number of nitrogens with one attached hydrogen (secondary N) is 5. The molecule has 0 aliphatic rings. The van der Waals surface area contributed by atoms with Crippen molar-refractivity contribution >= 4 is 58.1 Å². The molecule has 0 aliphatic carbocycles. The lowest BCUT2D eigenvalue weighted by atomic mass is 10.0. The van der Waals surface area contributed by atoms with Gasteiger partial charge in [0.25, 0.3) is 0 Å². The number of amides is 3. The summed E-state index contributed by atoms with van der Waals surface area (Å²) in [6, 6.07) is 19.7. The monoisotopic (exact) mass is 640 g/mol. The Morgan fingerprint density at radius 2 is 1.15 bits per heavy atom. The molecule has 3 aromatic carbocycles. The van der Waals surface area contributed by atoms with Gasteiger partial charge in [0.15, 0.2) is 0 Å². The number of nitrogens with two attached hydrogens (primary N) is 1. The van der Waals surface area contributed by atoms with Crippen LogP contribution in [0.5, 0.6) is 0 Å². The number of carboxylic acid groups (broad SMARTS) is 1. The number of aromatic nitrogens is 2. The number of para-hydroxylation sites is 2. The first kappa shape index (κ1) is 32.3. The molecular formula is C34H36N6O5S. The number of fused-ring (bicyclic) bond motifs is 2. The maximum Gasteiger partial charge on any atom is 0.326 e. The lowest BCUT2D eigenvalue weighted by Gasteiger charge is -2.24. The summed E-state index contributed by atoms with van der Waals surface area (Å²) in [6.07, 6.45) is 3.98. The van der Waals surface area contributed by atoms with Crippen LogP contribution in [0.3, 0.4) is 0 Å².